The Labute approximate surface area is 193 Å². The number of anilines is 1. The van der Waals surface area contributed by atoms with E-state index in [1.54, 1.807) is 24.3 Å². The van der Waals surface area contributed by atoms with Gasteiger partial charge in [-0.1, -0.05) is 26.0 Å². The molecule has 6 nitrogen and oxygen atoms in total. The maximum atomic E-state index is 13.6. The van der Waals surface area contributed by atoms with Gasteiger partial charge in [-0.25, -0.2) is 9.29 Å². The van der Waals surface area contributed by atoms with Crippen LogP contribution in [-0.4, -0.2) is 48.1 Å². The van der Waals surface area contributed by atoms with Gasteiger partial charge in [-0.15, -0.1) is 0 Å². The predicted molar refractivity (Wildman–Crippen MR) is 124 cm³/mol. The number of halogens is 1. The van der Waals surface area contributed by atoms with Crippen LogP contribution in [0, 0.1) is 17.7 Å². The molecular weight excluding hydrogens is 423 g/mol. The first-order valence-corrected chi connectivity index (χ1v) is 11.4. The number of hydrogen-bond acceptors (Lipinski definition) is 5. The number of aliphatic hydroxyl groups is 1. The molecule has 4 rings (SSSR count). The van der Waals surface area contributed by atoms with Gasteiger partial charge in [-0.3, -0.25) is 9.59 Å². The molecule has 1 unspecified atom stereocenters. The number of amides is 2. The highest BCUT2D eigenvalue weighted by atomic mass is 19.1. The molecule has 2 amide bonds. The van der Waals surface area contributed by atoms with E-state index < -0.39 is 17.6 Å². The molecule has 1 N–H and O–H groups in total. The zero-order valence-corrected chi connectivity index (χ0v) is 19.0. The lowest BCUT2D eigenvalue weighted by Crippen LogP contribution is -2.40. The summed E-state index contributed by atoms with van der Waals surface area (Å²) in [6, 6.07) is 12.5. The first kappa shape index (κ1) is 23.0. The van der Waals surface area contributed by atoms with Crippen LogP contribution in [0.1, 0.15) is 32.3 Å². The first-order chi connectivity index (χ1) is 15.9. The summed E-state index contributed by atoms with van der Waals surface area (Å²) in [5.74, 6) is -0.179. The predicted octanol–water partition coefficient (Wildman–Crippen LogP) is 3.85. The third-order valence-corrected chi connectivity index (χ3v) is 5.96. The van der Waals surface area contributed by atoms with Crippen LogP contribution < -0.4 is 9.64 Å². The highest BCUT2D eigenvalue weighted by Gasteiger charge is 2.43. The van der Waals surface area contributed by atoms with Gasteiger partial charge >= 0.3 is 0 Å². The Balaban J connectivity index is 1.69. The van der Waals surface area contributed by atoms with Crippen molar-refractivity contribution in [3.05, 3.63) is 65.6 Å². The largest absolute Gasteiger partial charge is 0.493 e. The van der Waals surface area contributed by atoms with Crippen molar-refractivity contribution in [2.24, 2.45) is 11.8 Å². The Kier molecular flexibility index (Phi) is 6.79. The minimum Gasteiger partial charge on any atom is -0.493 e. The summed E-state index contributed by atoms with van der Waals surface area (Å²) in [5, 5.41) is 9.66. The number of imide groups is 1. The lowest BCUT2D eigenvalue weighted by Gasteiger charge is -2.34. The molecule has 33 heavy (non-hydrogen) atoms. The van der Waals surface area contributed by atoms with Gasteiger partial charge in [0, 0.05) is 19.7 Å². The number of hydrogen-bond donors (Lipinski definition) is 1. The monoisotopic (exact) mass is 452 g/mol. The second kappa shape index (κ2) is 9.75. The van der Waals surface area contributed by atoms with E-state index in [4.69, 9.17) is 4.74 Å². The van der Waals surface area contributed by atoms with Crippen molar-refractivity contribution in [1.29, 1.82) is 0 Å². The summed E-state index contributed by atoms with van der Waals surface area (Å²) < 4.78 is 19.3. The summed E-state index contributed by atoms with van der Waals surface area (Å²) >= 11 is 0. The molecule has 0 radical (unpaired) electrons. The van der Waals surface area contributed by atoms with Gasteiger partial charge in [0.2, 0.25) is 0 Å². The van der Waals surface area contributed by atoms with Gasteiger partial charge in [-0.05, 0) is 66.6 Å². The second-order valence-corrected chi connectivity index (χ2v) is 9.01. The standard InChI is InChI=1S/C26H29FN2O4/c1-17(2)16-33-22-11-9-21(10-12-22)29-25(31)23(19-5-7-20(27)8-6-19)24(26(29)32)28-13-3-4-18(14-28)15-30/h5-12,17-18,30H,3-4,13-16H2,1-2H3. The highest BCUT2D eigenvalue weighted by molar-refractivity contribution is 6.45. The summed E-state index contributed by atoms with van der Waals surface area (Å²) in [5.41, 5.74) is 1.52. The van der Waals surface area contributed by atoms with E-state index in [-0.39, 0.29) is 18.1 Å². The molecule has 0 bridgehead atoms. The minimum absolute atomic E-state index is 0.0271. The summed E-state index contributed by atoms with van der Waals surface area (Å²) in [7, 11) is 0. The molecule has 2 heterocycles. The number of nitrogens with zero attached hydrogens (tertiary/aromatic N) is 2. The molecule has 0 saturated carbocycles. The molecule has 174 valence electrons. The van der Waals surface area contributed by atoms with Crippen LogP contribution >= 0.6 is 0 Å². The van der Waals surface area contributed by atoms with Crippen LogP contribution in [-0.2, 0) is 9.59 Å². The molecule has 1 saturated heterocycles. The van der Waals surface area contributed by atoms with E-state index in [9.17, 15) is 19.1 Å². The second-order valence-electron chi connectivity index (χ2n) is 9.01. The molecule has 2 aliphatic rings. The number of likely N-dealkylation sites (tertiary alicyclic amines) is 1. The Morgan fingerprint density at radius 2 is 1.76 bits per heavy atom. The molecule has 0 aliphatic carbocycles. The smallest absolute Gasteiger partial charge is 0.282 e. The van der Waals surface area contributed by atoms with Crippen molar-refractivity contribution in [3.63, 3.8) is 0 Å². The fraction of sp³-hybridized carbons (Fsp3) is 0.385. The molecule has 7 heteroatoms. The average Bonchev–Trinajstić information content (AvgIpc) is 3.08. The Morgan fingerprint density at radius 3 is 2.39 bits per heavy atom. The number of rotatable bonds is 7. The number of benzene rings is 2. The van der Waals surface area contributed by atoms with Crippen LogP contribution in [0.2, 0.25) is 0 Å². The maximum absolute atomic E-state index is 13.6. The van der Waals surface area contributed by atoms with Crippen LogP contribution in [0.3, 0.4) is 0 Å². The number of aliphatic hydroxyl groups excluding tert-OH is 1. The quantitative estimate of drug-likeness (QED) is 0.647. The first-order valence-electron chi connectivity index (χ1n) is 11.4. The lowest BCUT2D eigenvalue weighted by molar-refractivity contribution is -0.120. The van der Waals surface area contributed by atoms with E-state index in [2.05, 4.69) is 13.8 Å². The van der Waals surface area contributed by atoms with Crippen molar-refractivity contribution in [1.82, 2.24) is 4.90 Å². The fourth-order valence-electron chi connectivity index (χ4n) is 4.29. The van der Waals surface area contributed by atoms with Gasteiger partial charge in [0.1, 0.15) is 17.3 Å². The summed E-state index contributed by atoms with van der Waals surface area (Å²) in [6.07, 6.45) is 1.69. The van der Waals surface area contributed by atoms with Crippen LogP contribution in [0.4, 0.5) is 10.1 Å². The number of carbonyl (C=O) groups is 2. The number of carbonyl (C=O) groups excluding carboxylic acids is 2. The molecule has 2 aliphatic heterocycles. The topological polar surface area (TPSA) is 70.1 Å². The van der Waals surface area contributed by atoms with Crippen molar-refractivity contribution in [2.45, 2.75) is 26.7 Å². The number of piperidine rings is 1. The van der Waals surface area contributed by atoms with Crippen molar-refractivity contribution in [2.75, 3.05) is 31.2 Å². The zero-order valence-electron chi connectivity index (χ0n) is 19.0. The Morgan fingerprint density at radius 1 is 1.06 bits per heavy atom. The Hall–Kier alpha value is -3.19. The third-order valence-electron chi connectivity index (χ3n) is 5.96. The van der Waals surface area contributed by atoms with E-state index >= 15 is 0 Å². The molecule has 2 aromatic rings. The van der Waals surface area contributed by atoms with Gasteiger partial charge in [0.05, 0.1) is 17.9 Å². The average molecular weight is 453 g/mol. The van der Waals surface area contributed by atoms with Crippen LogP contribution in [0.25, 0.3) is 5.57 Å². The molecule has 0 aromatic heterocycles. The van der Waals surface area contributed by atoms with Gasteiger partial charge in [-0.2, -0.15) is 0 Å². The maximum Gasteiger partial charge on any atom is 0.282 e. The Bertz CT molecular complexity index is 1050. The molecule has 2 aromatic carbocycles. The third kappa shape index (κ3) is 4.78. The molecular formula is C26H29FN2O4. The van der Waals surface area contributed by atoms with Crippen molar-refractivity contribution < 1.29 is 23.8 Å². The SMILES string of the molecule is CC(C)COc1ccc(N2C(=O)C(c3ccc(F)cc3)=C(N3CCCC(CO)C3)C2=O)cc1. The summed E-state index contributed by atoms with van der Waals surface area (Å²) in [4.78, 5) is 30.2. The van der Waals surface area contributed by atoms with E-state index in [0.717, 1.165) is 12.8 Å². The van der Waals surface area contributed by atoms with Crippen molar-refractivity contribution >= 4 is 23.1 Å². The summed E-state index contributed by atoms with van der Waals surface area (Å²) in [6.45, 7) is 5.82. The zero-order chi connectivity index (χ0) is 23.5. The highest BCUT2D eigenvalue weighted by Crippen LogP contribution is 2.37. The van der Waals surface area contributed by atoms with E-state index in [1.807, 2.05) is 4.90 Å². The van der Waals surface area contributed by atoms with Gasteiger partial charge < -0.3 is 14.7 Å². The van der Waals surface area contributed by atoms with E-state index in [1.165, 1.54) is 29.2 Å². The van der Waals surface area contributed by atoms with Crippen molar-refractivity contribution in [3.8, 4) is 5.75 Å². The van der Waals surface area contributed by atoms with Gasteiger partial charge in [0.15, 0.2) is 0 Å². The van der Waals surface area contributed by atoms with Gasteiger partial charge in [0.25, 0.3) is 11.8 Å². The molecule has 1 atom stereocenters. The lowest BCUT2D eigenvalue weighted by atomic mass is 9.97. The van der Waals surface area contributed by atoms with Crippen LogP contribution in [0.15, 0.2) is 54.2 Å². The molecule has 1 fully saturated rings. The molecule has 0 spiro atoms. The minimum atomic E-state index is -0.441. The normalized spacial score (nSPS) is 19.1. The number of ether oxygens (including phenoxy) is 1. The fourth-order valence-corrected chi connectivity index (χ4v) is 4.29. The van der Waals surface area contributed by atoms with Crippen LogP contribution in [0.5, 0.6) is 5.75 Å². The van der Waals surface area contributed by atoms with E-state index in [0.29, 0.717) is 48.3 Å².